The number of hydrogen-bond acceptors (Lipinski definition) is 3. The molecule has 0 aromatic rings. The van der Waals surface area contributed by atoms with Crippen molar-refractivity contribution in [1.82, 2.24) is 14.7 Å². The fraction of sp³-hybridized carbons (Fsp3) is 0.923. The summed E-state index contributed by atoms with van der Waals surface area (Å²) in [6, 6.07) is 0. The van der Waals surface area contributed by atoms with Crippen LogP contribution in [-0.2, 0) is 0 Å². The minimum absolute atomic E-state index is 1.12. The molecule has 0 amide bonds. The maximum Gasteiger partial charge on any atom is 0.0894 e. The first-order valence-electron chi connectivity index (χ1n) is 13.3. The predicted molar refractivity (Wildman–Crippen MR) is 128 cm³/mol. The Morgan fingerprint density at radius 1 is 0.517 bits per heavy atom. The second kappa shape index (κ2) is 17.0. The minimum Gasteiger partial charge on any atom is -0.359 e. The monoisotopic (exact) mass is 405 g/mol. The van der Waals surface area contributed by atoms with E-state index >= 15 is 0 Å². The van der Waals surface area contributed by atoms with E-state index in [1.807, 2.05) is 0 Å². The molecule has 29 heavy (non-hydrogen) atoms. The van der Waals surface area contributed by atoms with Crippen molar-refractivity contribution < 1.29 is 0 Å². The minimum atomic E-state index is 1.12. The van der Waals surface area contributed by atoms with Crippen LogP contribution in [0.2, 0.25) is 0 Å². The van der Waals surface area contributed by atoms with Crippen molar-refractivity contribution in [2.24, 2.45) is 0 Å². The Bertz CT molecular complexity index is 389. The molecule has 170 valence electrons. The maximum atomic E-state index is 2.65. The van der Waals surface area contributed by atoms with Gasteiger partial charge < -0.3 is 14.7 Å². The van der Waals surface area contributed by atoms with Gasteiger partial charge in [-0.3, -0.25) is 0 Å². The fourth-order valence-corrected chi connectivity index (χ4v) is 4.77. The normalized spacial score (nSPS) is 17.6. The molecule has 0 aromatic heterocycles. The van der Waals surface area contributed by atoms with Crippen LogP contribution in [0.4, 0.5) is 0 Å². The molecular formula is C26H51N3. The molecule has 0 N–H and O–H groups in total. The molecule has 0 unspecified atom stereocenters. The summed E-state index contributed by atoms with van der Waals surface area (Å²) in [5, 5.41) is 0. The lowest BCUT2D eigenvalue weighted by Gasteiger charge is -2.29. The van der Waals surface area contributed by atoms with E-state index in [2.05, 4.69) is 34.0 Å². The second-order valence-electron chi connectivity index (χ2n) is 9.56. The van der Waals surface area contributed by atoms with E-state index in [0.717, 1.165) is 6.67 Å². The first-order valence-corrected chi connectivity index (χ1v) is 13.3. The van der Waals surface area contributed by atoms with Gasteiger partial charge in [0.15, 0.2) is 0 Å². The van der Waals surface area contributed by atoms with Crippen molar-refractivity contribution in [1.29, 1.82) is 0 Å². The van der Waals surface area contributed by atoms with Crippen LogP contribution in [0.25, 0.3) is 0 Å². The lowest BCUT2D eigenvalue weighted by Crippen LogP contribution is -2.37. The van der Waals surface area contributed by atoms with Crippen molar-refractivity contribution in [3.8, 4) is 0 Å². The van der Waals surface area contributed by atoms with Gasteiger partial charge in [0.25, 0.3) is 0 Å². The van der Waals surface area contributed by atoms with Gasteiger partial charge >= 0.3 is 0 Å². The van der Waals surface area contributed by atoms with Crippen LogP contribution >= 0.6 is 0 Å². The molecule has 2 aliphatic heterocycles. The summed E-state index contributed by atoms with van der Waals surface area (Å²) in [6.07, 6.45) is 29.1. The molecule has 0 aliphatic carbocycles. The highest BCUT2D eigenvalue weighted by atomic mass is 15.3. The Morgan fingerprint density at radius 2 is 1.00 bits per heavy atom. The van der Waals surface area contributed by atoms with Crippen molar-refractivity contribution in [2.45, 2.75) is 116 Å². The molecular weight excluding hydrogens is 354 g/mol. The largest absolute Gasteiger partial charge is 0.359 e. The number of likely N-dealkylation sites (tertiary alicyclic amines) is 1. The second-order valence-corrected chi connectivity index (χ2v) is 9.56. The summed E-state index contributed by atoms with van der Waals surface area (Å²) < 4.78 is 0. The Morgan fingerprint density at radius 3 is 1.55 bits per heavy atom. The Balaban J connectivity index is 1.30. The number of rotatable bonds is 18. The predicted octanol–water partition coefficient (Wildman–Crippen LogP) is 7.00. The van der Waals surface area contributed by atoms with Crippen molar-refractivity contribution in [2.75, 3.05) is 39.4 Å². The summed E-state index contributed by atoms with van der Waals surface area (Å²) in [4.78, 5) is 7.66. The van der Waals surface area contributed by atoms with Gasteiger partial charge in [0.2, 0.25) is 0 Å². The summed E-state index contributed by atoms with van der Waals surface area (Å²) in [5.41, 5.74) is 0. The Labute approximate surface area is 182 Å². The fourth-order valence-electron chi connectivity index (χ4n) is 4.77. The summed E-state index contributed by atoms with van der Waals surface area (Å²) >= 11 is 0. The maximum absolute atomic E-state index is 2.65. The number of piperidine rings is 1. The van der Waals surface area contributed by atoms with Crippen LogP contribution < -0.4 is 0 Å². The molecule has 1 saturated heterocycles. The highest BCUT2D eigenvalue weighted by molar-refractivity contribution is 4.90. The quantitative estimate of drug-likeness (QED) is 0.227. The van der Waals surface area contributed by atoms with E-state index in [1.54, 1.807) is 0 Å². The first kappa shape index (κ1) is 24.6. The molecule has 1 fully saturated rings. The molecule has 0 atom stereocenters. The Kier molecular flexibility index (Phi) is 14.4. The zero-order valence-electron chi connectivity index (χ0n) is 19.8. The SMILES string of the molecule is CCCCCCCCCCCCCCCCN1C=CN(CCN2CCCCC2)C1. The van der Waals surface area contributed by atoms with Gasteiger partial charge in [-0.1, -0.05) is 96.8 Å². The third-order valence-electron chi connectivity index (χ3n) is 6.80. The van der Waals surface area contributed by atoms with Crippen LogP contribution in [0.5, 0.6) is 0 Å². The highest BCUT2D eigenvalue weighted by Gasteiger charge is 2.14. The lowest BCUT2D eigenvalue weighted by molar-refractivity contribution is 0.188. The third-order valence-corrected chi connectivity index (χ3v) is 6.80. The van der Waals surface area contributed by atoms with Crippen molar-refractivity contribution >= 4 is 0 Å². The van der Waals surface area contributed by atoms with E-state index in [1.165, 1.54) is 142 Å². The van der Waals surface area contributed by atoms with E-state index in [4.69, 9.17) is 0 Å². The van der Waals surface area contributed by atoms with Gasteiger partial charge in [-0.2, -0.15) is 0 Å². The van der Waals surface area contributed by atoms with E-state index < -0.39 is 0 Å². The standard InChI is InChI=1S/C26H51N3/c1-2-3-4-5-6-7-8-9-10-11-12-13-14-16-21-28-24-25-29(26-28)23-22-27-19-17-15-18-20-27/h24-25H,2-23,26H2,1H3. The molecule has 0 bridgehead atoms. The molecule has 2 aliphatic rings. The van der Waals surface area contributed by atoms with Gasteiger partial charge in [-0.15, -0.1) is 0 Å². The first-order chi connectivity index (χ1) is 14.4. The average molecular weight is 406 g/mol. The van der Waals surface area contributed by atoms with Crippen LogP contribution in [-0.4, -0.2) is 54.1 Å². The summed E-state index contributed by atoms with van der Waals surface area (Å²) in [5.74, 6) is 0. The number of nitrogens with zero attached hydrogens (tertiary/aromatic N) is 3. The van der Waals surface area contributed by atoms with Crippen LogP contribution in [0.1, 0.15) is 116 Å². The van der Waals surface area contributed by atoms with Gasteiger partial charge in [0.1, 0.15) is 0 Å². The summed E-state index contributed by atoms with van der Waals surface area (Å²) in [7, 11) is 0. The number of hydrogen-bond donors (Lipinski definition) is 0. The zero-order chi connectivity index (χ0) is 20.4. The molecule has 0 spiro atoms. The van der Waals surface area contributed by atoms with Crippen molar-refractivity contribution in [3.63, 3.8) is 0 Å². The van der Waals surface area contributed by atoms with Crippen LogP contribution in [0.15, 0.2) is 12.4 Å². The molecule has 0 radical (unpaired) electrons. The smallest absolute Gasteiger partial charge is 0.0894 e. The molecule has 3 heteroatoms. The van der Waals surface area contributed by atoms with Gasteiger partial charge in [-0.05, 0) is 32.4 Å². The van der Waals surface area contributed by atoms with Crippen LogP contribution in [0, 0.1) is 0 Å². The average Bonchev–Trinajstić information content (AvgIpc) is 3.21. The van der Waals surface area contributed by atoms with Crippen molar-refractivity contribution in [3.05, 3.63) is 12.4 Å². The van der Waals surface area contributed by atoms with Gasteiger partial charge in [0.05, 0.1) is 6.67 Å². The molecule has 0 aromatic carbocycles. The molecule has 0 saturated carbocycles. The number of unbranched alkanes of at least 4 members (excludes halogenated alkanes) is 13. The van der Waals surface area contributed by atoms with E-state index in [9.17, 15) is 0 Å². The van der Waals surface area contributed by atoms with Gasteiger partial charge in [0, 0.05) is 32.0 Å². The Hall–Kier alpha value is -0.700. The zero-order valence-corrected chi connectivity index (χ0v) is 19.8. The summed E-state index contributed by atoms with van der Waals surface area (Å²) in [6.45, 7) is 9.75. The molecule has 3 nitrogen and oxygen atoms in total. The van der Waals surface area contributed by atoms with Crippen LogP contribution in [0.3, 0.4) is 0 Å². The molecule has 2 heterocycles. The van der Waals surface area contributed by atoms with E-state index in [-0.39, 0.29) is 0 Å². The highest BCUT2D eigenvalue weighted by Crippen LogP contribution is 2.14. The lowest BCUT2D eigenvalue weighted by atomic mass is 10.0. The third kappa shape index (κ3) is 12.6. The molecule has 2 rings (SSSR count). The van der Waals surface area contributed by atoms with E-state index in [0.29, 0.717) is 0 Å². The van der Waals surface area contributed by atoms with Gasteiger partial charge in [-0.25, -0.2) is 0 Å². The topological polar surface area (TPSA) is 9.72 Å².